The Labute approximate surface area is 164 Å². The normalized spacial score (nSPS) is 12.6. The Hall–Kier alpha value is -3.40. The van der Waals surface area contributed by atoms with Crippen LogP contribution in [0.15, 0.2) is 66.7 Å². The average Bonchev–Trinajstić information content (AvgIpc) is 3.05. The molecule has 0 aromatic heterocycles. The number of cyclic esters (lactones) is 1. The lowest BCUT2D eigenvalue weighted by atomic mass is 9.89. The van der Waals surface area contributed by atoms with Gasteiger partial charge in [0.05, 0.1) is 11.5 Å². The van der Waals surface area contributed by atoms with Crippen molar-refractivity contribution in [2.45, 2.75) is 26.4 Å². The van der Waals surface area contributed by atoms with E-state index in [1.165, 1.54) is 0 Å². The SMILES string of the molecule is Cc1ccc(C(C(=O)Nc2ccc3c(c2)C(=O)OC3)c2ccc(C)cc2)cc1. The molecule has 1 heterocycles. The Kier molecular flexibility index (Phi) is 4.70. The number of hydrogen-bond acceptors (Lipinski definition) is 3. The predicted molar refractivity (Wildman–Crippen MR) is 108 cm³/mol. The van der Waals surface area contributed by atoms with Crippen LogP contribution in [0.5, 0.6) is 0 Å². The van der Waals surface area contributed by atoms with Gasteiger partial charge in [0.15, 0.2) is 0 Å². The van der Waals surface area contributed by atoms with Crippen LogP contribution in [0.25, 0.3) is 0 Å². The fraction of sp³-hybridized carbons (Fsp3) is 0.167. The third-order valence-electron chi connectivity index (χ3n) is 5.04. The molecule has 0 saturated heterocycles. The molecule has 0 bridgehead atoms. The summed E-state index contributed by atoms with van der Waals surface area (Å²) in [5.41, 5.74) is 6.08. The van der Waals surface area contributed by atoms with Gasteiger partial charge >= 0.3 is 5.97 Å². The molecule has 0 fully saturated rings. The zero-order valence-electron chi connectivity index (χ0n) is 15.9. The van der Waals surface area contributed by atoms with Gasteiger partial charge in [0.25, 0.3) is 0 Å². The van der Waals surface area contributed by atoms with Crippen LogP contribution in [0.1, 0.15) is 44.1 Å². The highest BCUT2D eigenvalue weighted by molar-refractivity contribution is 6.00. The number of carbonyl (C=O) groups is 2. The zero-order chi connectivity index (χ0) is 19.7. The van der Waals surface area contributed by atoms with Crippen LogP contribution in [0.2, 0.25) is 0 Å². The van der Waals surface area contributed by atoms with Gasteiger partial charge in [0.1, 0.15) is 6.61 Å². The van der Waals surface area contributed by atoms with E-state index in [0.717, 1.165) is 27.8 Å². The first-order valence-corrected chi connectivity index (χ1v) is 9.25. The van der Waals surface area contributed by atoms with Crippen LogP contribution in [-0.4, -0.2) is 11.9 Å². The molecule has 0 saturated carbocycles. The van der Waals surface area contributed by atoms with Crippen LogP contribution >= 0.6 is 0 Å². The summed E-state index contributed by atoms with van der Waals surface area (Å²) in [5.74, 6) is -0.930. The van der Waals surface area contributed by atoms with Crippen molar-refractivity contribution in [2.24, 2.45) is 0 Å². The van der Waals surface area contributed by atoms with E-state index in [1.54, 1.807) is 12.1 Å². The number of rotatable bonds is 4. The molecule has 1 aliphatic rings. The maximum atomic E-state index is 13.2. The molecule has 1 amide bonds. The van der Waals surface area contributed by atoms with E-state index in [2.05, 4.69) is 5.32 Å². The van der Waals surface area contributed by atoms with Gasteiger partial charge in [-0.1, -0.05) is 65.7 Å². The van der Waals surface area contributed by atoms with Crippen molar-refractivity contribution >= 4 is 17.6 Å². The largest absolute Gasteiger partial charge is 0.457 e. The van der Waals surface area contributed by atoms with Gasteiger partial charge in [-0.2, -0.15) is 0 Å². The van der Waals surface area contributed by atoms with Crippen molar-refractivity contribution in [2.75, 3.05) is 5.32 Å². The van der Waals surface area contributed by atoms with E-state index in [-0.39, 0.29) is 18.5 Å². The third-order valence-corrected chi connectivity index (χ3v) is 5.04. The van der Waals surface area contributed by atoms with Gasteiger partial charge < -0.3 is 10.1 Å². The maximum Gasteiger partial charge on any atom is 0.338 e. The van der Waals surface area contributed by atoms with Crippen molar-refractivity contribution < 1.29 is 14.3 Å². The number of ether oxygens (including phenoxy) is 1. The molecule has 28 heavy (non-hydrogen) atoms. The number of nitrogens with one attached hydrogen (secondary N) is 1. The summed E-state index contributed by atoms with van der Waals surface area (Å²) in [6.45, 7) is 4.33. The molecule has 1 aliphatic heterocycles. The quantitative estimate of drug-likeness (QED) is 0.674. The van der Waals surface area contributed by atoms with Crippen molar-refractivity contribution in [1.29, 1.82) is 0 Å². The molecule has 4 nitrogen and oxygen atoms in total. The summed E-state index contributed by atoms with van der Waals surface area (Å²) in [4.78, 5) is 25.0. The average molecular weight is 371 g/mol. The standard InChI is InChI=1S/C24H21NO3/c1-15-3-7-17(8-4-15)22(18-9-5-16(2)6-10-18)23(26)25-20-12-11-19-14-28-24(27)21(19)13-20/h3-13,22H,14H2,1-2H3,(H,25,26). The minimum absolute atomic E-state index is 0.140. The Morgan fingerprint density at radius 1 is 0.893 bits per heavy atom. The molecule has 0 unspecified atom stereocenters. The molecule has 0 radical (unpaired) electrons. The molecule has 0 aliphatic carbocycles. The Morgan fingerprint density at radius 3 is 2.04 bits per heavy atom. The summed E-state index contributed by atoms with van der Waals surface area (Å²) >= 11 is 0. The second-order valence-corrected chi connectivity index (χ2v) is 7.19. The van der Waals surface area contributed by atoms with Crippen LogP contribution in [-0.2, 0) is 16.1 Å². The topological polar surface area (TPSA) is 55.4 Å². The van der Waals surface area contributed by atoms with Crippen molar-refractivity contribution in [1.82, 2.24) is 0 Å². The summed E-state index contributed by atoms with van der Waals surface area (Å²) < 4.78 is 5.04. The van der Waals surface area contributed by atoms with Crippen molar-refractivity contribution in [3.05, 3.63) is 100 Å². The highest BCUT2D eigenvalue weighted by Gasteiger charge is 2.25. The third kappa shape index (κ3) is 3.54. The number of esters is 1. The summed E-state index contributed by atoms with van der Waals surface area (Å²) in [6, 6.07) is 21.3. The first-order valence-electron chi connectivity index (χ1n) is 9.25. The van der Waals surface area contributed by atoms with Gasteiger partial charge in [0, 0.05) is 11.3 Å². The maximum absolute atomic E-state index is 13.2. The molecule has 140 valence electrons. The van der Waals surface area contributed by atoms with E-state index in [9.17, 15) is 9.59 Å². The molecular formula is C24H21NO3. The molecule has 0 spiro atoms. The number of aryl methyl sites for hydroxylation is 2. The first-order chi connectivity index (χ1) is 13.5. The Morgan fingerprint density at radius 2 is 1.46 bits per heavy atom. The van der Waals surface area contributed by atoms with Crippen molar-refractivity contribution in [3.8, 4) is 0 Å². The number of anilines is 1. The smallest absolute Gasteiger partial charge is 0.338 e. The Bertz CT molecular complexity index is 991. The molecule has 4 heteroatoms. The second kappa shape index (κ2) is 7.31. The number of carbonyl (C=O) groups excluding carboxylic acids is 2. The van der Waals surface area contributed by atoms with Gasteiger partial charge in [-0.25, -0.2) is 4.79 Å². The van der Waals surface area contributed by atoms with E-state index >= 15 is 0 Å². The summed E-state index contributed by atoms with van der Waals surface area (Å²) in [5, 5.41) is 2.97. The predicted octanol–water partition coefficient (Wildman–Crippen LogP) is 4.74. The van der Waals surface area contributed by atoms with E-state index < -0.39 is 5.92 Å². The molecular weight excluding hydrogens is 350 g/mol. The molecule has 3 aromatic rings. The van der Waals surface area contributed by atoms with Crippen LogP contribution in [0.4, 0.5) is 5.69 Å². The van der Waals surface area contributed by atoms with Gasteiger partial charge in [-0.3, -0.25) is 4.79 Å². The van der Waals surface area contributed by atoms with Gasteiger partial charge in [-0.05, 0) is 37.1 Å². The fourth-order valence-corrected chi connectivity index (χ4v) is 3.42. The number of amides is 1. The Balaban J connectivity index is 1.67. The van der Waals surface area contributed by atoms with Crippen LogP contribution < -0.4 is 5.32 Å². The highest BCUT2D eigenvalue weighted by atomic mass is 16.5. The van der Waals surface area contributed by atoms with E-state index in [4.69, 9.17) is 4.74 Å². The zero-order valence-corrected chi connectivity index (χ0v) is 15.9. The van der Waals surface area contributed by atoms with Gasteiger partial charge in [0.2, 0.25) is 5.91 Å². The minimum Gasteiger partial charge on any atom is -0.457 e. The lowest BCUT2D eigenvalue weighted by Gasteiger charge is -2.18. The van der Waals surface area contributed by atoms with Crippen molar-refractivity contribution in [3.63, 3.8) is 0 Å². The molecule has 1 N–H and O–H groups in total. The van der Waals surface area contributed by atoms with Crippen LogP contribution in [0.3, 0.4) is 0 Å². The minimum atomic E-state index is -0.443. The molecule has 3 aromatic carbocycles. The van der Waals surface area contributed by atoms with Gasteiger partial charge in [-0.15, -0.1) is 0 Å². The number of benzene rings is 3. The number of fused-ring (bicyclic) bond motifs is 1. The molecule has 0 atom stereocenters. The van der Waals surface area contributed by atoms with E-state index in [1.807, 2.05) is 68.4 Å². The summed E-state index contributed by atoms with van der Waals surface area (Å²) in [6.07, 6.45) is 0. The van der Waals surface area contributed by atoms with Crippen LogP contribution in [0, 0.1) is 13.8 Å². The fourth-order valence-electron chi connectivity index (χ4n) is 3.42. The monoisotopic (exact) mass is 371 g/mol. The van der Waals surface area contributed by atoms with E-state index in [0.29, 0.717) is 11.3 Å². The number of hydrogen-bond donors (Lipinski definition) is 1. The first kappa shape index (κ1) is 18.0. The lowest BCUT2D eigenvalue weighted by Crippen LogP contribution is -2.22. The highest BCUT2D eigenvalue weighted by Crippen LogP contribution is 2.29. The summed E-state index contributed by atoms with van der Waals surface area (Å²) in [7, 11) is 0. The lowest BCUT2D eigenvalue weighted by molar-refractivity contribution is -0.116. The second-order valence-electron chi connectivity index (χ2n) is 7.19. The molecule has 4 rings (SSSR count).